The molecule has 4 heteroatoms. The van der Waals surface area contributed by atoms with Gasteiger partial charge in [0.1, 0.15) is 0 Å². The number of halogens is 1. The van der Waals surface area contributed by atoms with E-state index in [1.807, 2.05) is 13.1 Å². The quantitative estimate of drug-likeness (QED) is 0.353. The van der Waals surface area contributed by atoms with Crippen LogP contribution >= 0.6 is 24.0 Å². The lowest BCUT2D eigenvalue weighted by molar-refractivity contribution is 0.772. The number of hydrogen-bond donors (Lipinski definition) is 2. The molecule has 0 amide bonds. The van der Waals surface area contributed by atoms with E-state index in [0.29, 0.717) is 0 Å². The van der Waals surface area contributed by atoms with E-state index < -0.39 is 0 Å². The van der Waals surface area contributed by atoms with Gasteiger partial charge in [-0.3, -0.25) is 4.99 Å². The maximum absolute atomic E-state index is 4.24. The molecular weight excluding hydrogens is 361 g/mol. The van der Waals surface area contributed by atoms with Gasteiger partial charge in [0.05, 0.1) is 0 Å². The van der Waals surface area contributed by atoms with Gasteiger partial charge in [-0.15, -0.1) is 24.0 Å². The molecule has 1 aromatic carbocycles. The Labute approximate surface area is 139 Å². The maximum atomic E-state index is 4.24. The first kappa shape index (κ1) is 17.0. The third-order valence-corrected chi connectivity index (χ3v) is 3.40. The number of benzene rings is 1. The number of nitrogens with zero attached hydrogens (tertiary/aromatic N) is 1. The van der Waals surface area contributed by atoms with Crippen LogP contribution in [0, 0.1) is 0 Å². The molecule has 3 nitrogen and oxygen atoms in total. The Morgan fingerprint density at radius 1 is 1.20 bits per heavy atom. The smallest absolute Gasteiger partial charge is 0.191 e. The Morgan fingerprint density at radius 2 is 2.00 bits per heavy atom. The molecule has 0 spiro atoms. The van der Waals surface area contributed by atoms with Gasteiger partial charge >= 0.3 is 0 Å². The van der Waals surface area contributed by atoms with E-state index in [1.54, 1.807) is 5.57 Å². The molecule has 110 valence electrons. The van der Waals surface area contributed by atoms with Crippen LogP contribution in [0.2, 0.25) is 0 Å². The van der Waals surface area contributed by atoms with E-state index in [1.165, 1.54) is 24.8 Å². The van der Waals surface area contributed by atoms with Gasteiger partial charge in [-0.25, -0.2) is 0 Å². The van der Waals surface area contributed by atoms with Crippen LogP contribution in [0.15, 0.2) is 47.0 Å². The minimum absolute atomic E-state index is 0. The van der Waals surface area contributed by atoms with Crippen molar-refractivity contribution < 1.29 is 0 Å². The highest BCUT2D eigenvalue weighted by Crippen LogP contribution is 2.19. The zero-order chi connectivity index (χ0) is 13.3. The fraction of sp³-hybridized carbons (Fsp3) is 0.438. The number of allylic oxidation sites excluding steroid dienone is 1. The Kier molecular flexibility index (Phi) is 8.34. The minimum atomic E-state index is 0. The predicted molar refractivity (Wildman–Crippen MR) is 96.6 cm³/mol. The monoisotopic (exact) mass is 385 g/mol. The van der Waals surface area contributed by atoms with Crippen LogP contribution in [0.1, 0.15) is 31.2 Å². The molecule has 2 rings (SSSR count). The van der Waals surface area contributed by atoms with E-state index in [2.05, 4.69) is 46.0 Å². The summed E-state index contributed by atoms with van der Waals surface area (Å²) in [7, 11) is 1.81. The van der Waals surface area contributed by atoms with Gasteiger partial charge in [0.2, 0.25) is 0 Å². The molecule has 2 N–H and O–H groups in total. The van der Waals surface area contributed by atoms with Crippen molar-refractivity contribution in [2.45, 2.75) is 32.2 Å². The van der Waals surface area contributed by atoms with Gasteiger partial charge in [0, 0.05) is 20.1 Å². The molecule has 1 aliphatic rings. The average Bonchev–Trinajstić information content (AvgIpc) is 2.97. The lowest BCUT2D eigenvalue weighted by Crippen LogP contribution is -2.37. The van der Waals surface area contributed by atoms with E-state index in [-0.39, 0.29) is 24.0 Å². The summed E-state index contributed by atoms with van der Waals surface area (Å²) >= 11 is 0. The van der Waals surface area contributed by atoms with Gasteiger partial charge in [0.15, 0.2) is 5.96 Å². The van der Waals surface area contributed by atoms with Crippen LogP contribution in [0.3, 0.4) is 0 Å². The summed E-state index contributed by atoms with van der Waals surface area (Å²) in [6, 6.07) is 10.4. The molecule has 0 saturated carbocycles. The zero-order valence-electron chi connectivity index (χ0n) is 12.1. The fourth-order valence-electron chi connectivity index (χ4n) is 2.31. The van der Waals surface area contributed by atoms with Crippen LogP contribution in [-0.2, 0) is 6.54 Å². The molecular formula is C16H24IN3. The zero-order valence-corrected chi connectivity index (χ0v) is 14.4. The van der Waals surface area contributed by atoms with Crippen molar-refractivity contribution in [1.29, 1.82) is 0 Å². The molecule has 0 heterocycles. The number of nitrogens with one attached hydrogen (secondary N) is 2. The summed E-state index contributed by atoms with van der Waals surface area (Å²) in [5, 5.41) is 6.70. The Hall–Kier alpha value is -1.04. The van der Waals surface area contributed by atoms with Gasteiger partial charge < -0.3 is 10.6 Å². The summed E-state index contributed by atoms with van der Waals surface area (Å²) in [4.78, 5) is 4.24. The Bertz CT molecular complexity index is 440. The average molecular weight is 385 g/mol. The third-order valence-electron chi connectivity index (χ3n) is 3.40. The highest BCUT2D eigenvalue weighted by atomic mass is 127. The van der Waals surface area contributed by atoms with Crippen LogP contribution < -0.4 is 10.6 Å². The second-order valence-electron chi connectivity index (χ2n) is 4.84. The van der Waals surface area contributed by atoms with Crippen molar-refractivity contribution in [3.8, 4) is 0 Å². The fourth-order valence-corrected chi connectivity index (χ4v) is 2.31. The lowest BCUT2D eigenvalue weighted by atomic mass is 10.2. The first-order chi connectivity index (χ1) is 9.38. The van der Waals surface area contributed by atoms with Crippen molar-refractivity contribution in [3.63, 3.8) is 0 Å². The van der Waals surface area contributed by atoms with Crippen molar-refractivity contribution in [2.24, 2.45) is 4.99 Å². The van der Waals surface area contributed by atoms with Crippen LogP contribution in [0.5, 0.6) is 0 Å². The number of aliphatic imine (C=N–C) groups is 1. The summed E-state index contributed by atoms with van der Waals surface area (Å²) in [6.07, 6.45) is 7.37. The summed E-state index contributed by atoms with van der Waals surface area (Å²) in [6.45, 7) is 1.77. The molecule has 0 radical (unpaired) electrons. The second kappa shape index (κ2) is 9.80. The molecule has 0 bridgehead atoms. The minimum Gasteiger partial charge on any atom is -0.356 e. The first-order valence-electron chi connectivity index (χ1n) is 7.05. The molecule has 1 aromatic rings. The molecule has 20 heavy (non-hydrogen) atoms. The molecule has 0 saturated heterocycles. The van der Waals surface area contributed by atoms with Gasteiger partial charge in [-0.1, -0.05) is 42.0 Å². The Balaban J connectivity index is 0.00000200. The summed E-state index contributed by atoms with van der Waals surface area (Å²) in [5.41, 5.74) is 2.86. The van der Waals surface area contributed by atoms with Crippen LogP contribution in [0.4, 0.5) is 0 Å². The maximum Gasteiger partial charge on any atom is 0.191 e. The number of hydrogen-bond acceptors (Lipinski definition) is 1. The van der Waals surface area contributed by atoms with Crippen LogP contribution in [-0.4, -0.2) is 19.6 Å². The third kappa shape index (κ3) is 5.94. The molecule has 0 aromatic heterocycles. The standard InChI is InChI=1S/C16H23N3.HI/c1-17-16(18-12-11-14-7-5-6-8-14)19-13-15-9-3-2-4-10-15;/h2-4,7,9-10H,5-6,8,11-13H2,1H3,(H2,17,18,19);1H. The topological polar surface area (TPSA) is 36.4 Å². The molecule has 0 atom stereocenters. The predicted octanol–water partition coefficient (Wildman–Crippen LogP) is 3.47. The summed E-state index contributed by atoms with van der Waals surface area (Å²) < 4.78 is 0. The van der Waals surface area contributed by atoms with Crippen molar-refractivity contribution in [1.82, 2.24) is 10.6 Å². The lowest BCUT2D eigenvalue weighted by Gasteiger charge is -2.12. The van der Waals surface area contributed by atoms with E-state index in [9.17, 15) is 0 Å². The largest absolute Gasteiger partial charge is 0.356 e. The van der Waals surface area contributed by atoms with Gasteiger partial charge in [0.25, 0.3) is 0 Å². The van der Waals surface area contributed by atoms with Crippen molar-refractivity contribution >= 4 is 29.9 Å². The highest BCUT2D eigenvalue weighted by molar-refractivity contribution is 14.0. The molecule has 0 fully saturated rings. The molecule has 1 aliphatic carbocycles. The van der Waals surface area contributed by atoms with Crippen LogP contribution in [0.25, 0.3) is 0 Å². The summed E-state index contributed by atoms with van der Waals surface area (Å²) in [5.74, 6) is 0.877. The Morgan fingerprint density at radius 3 is 2.65 bits per heavy atom. The second-order valence-corrected chi connectivity index (χ2v) is 4.84. The highest BCUT2D eigenvalue weighted by Gasteiger charge is 2.04. The molecule has 0 unspecified atom stereocenters. The first-order valence-corrected chi connectivity index (χ1v) is 7.05. The van der Waals surface area contributed by atoms with Crippen molar-refractivity contribution in [3.05, 3.63) is 47.5 Å². The van der Waals surface area contributed by atoms with Crippen molar-refractivity contribution in [2.75, 3.05) is 13.6 Å². The molecule has 0 aliphatic heterocycles. The van der Waals surface area contributed by atoms with Gasteiger partial charge in [-0.05, 0) is 31.2 Å². The van der Waals surface area contributed by atoms with E-state index in [0.717, 1.165) is 25.5 Å². The number of rotatable bonds is 5. The van der Waals surface area contributed by atoms with Gasteiger partial charge in [-0.2, -0.15) is 0 Å². The van der Waals surface area contributed by atoms with E-state index in [4.69, 9.17) is 0 Å². The normalized spacial score (nSPS) is 14.4. The number of guanidine groups is 1. The SMILES string of the molecule is CN=C(NCCC1=CCCC1)NCc1ccccc1.I. The van der Waals surface area contributed by atoms with E-state index >= 15 is 0 Å².